The third kappa shape index (κ3) is 5.52. The maximum atomic E-state index is 10.8. The quantitative estimate of drug-likeness (QED) is 0.564. The summed E-state index contributed by atoms with van der Waals surface area (Å²) < 4.78 is 10.5. The Morgan fingerprint density at radius 1 is 1.28 bits per heavy atom. The number of carbonyl (C=O) groups excluding carboxylic acids is 1. The first-order valence-electron chi connectivity index (χ1n) is 6.04. The van der Waals surface area contributed by atoms with Crippen molar-refractivity contribution in [3.63, 3.8) is 0 Å². The number of rotatable bonds is 7. The Kier molecular flexibility index (Phi) is 6.76. The lowest BCUT2D eigenvalue weighted by atomic mass is 10.1. The van der Waals surface area contributed by atoms with Gasteiger partial charge in [0, 0.05) is 6.92 Å². The van der Waals surface area contributed by atoms with Gasteiger partial charge in [-0.25, -0.2) is 0 Å². The molecule has 0 amide bonds. The molecule has 0 aliphatic carbocycles. The number of aryl methyl sites for hydroxylation is 1. The number of carbonyl (C=O) groups is 1. The average Bonchev–Trinajstić information content (AvgIpc) is 2.38. The van der Waals surface area contributed by atoms with Crippen LogP contribution in [0.2, 0.25) is 0 Å². The van der Waals surface area contributed by atoms with Crippen LogP contribution in [0.3, 0.4) is 0 Å². The van der Waals surface area contributed by atoms with Crippen molar-refractivity contribution < 1.29 is 14.3 Å². The average molecular weight is 271 g/mol. The first kappa shape index (κ1) is 15.0. The number of benzene rings is 1. The van der Waals surface area contributed by atoms with Crippen molar-refractivity contribution in [2.24, 2.45) is 0 Å². The molecule has 0 bridgehead atoms. The Hall–Kier alpha value is -1.06. The highest BCUT2D eigenvalue weighted by atomic mass is 35.5. The van der Waals surface area contributed by atoms with Gasteiger partial charge in [-0.15, -0.1) is 11.6 Å². The summed E-state index contributed by atoms with van der Waals surface area (Å²) in [6, 6.07) is 8.26. The number of esters is 1. The van der Waals surface area contributed by atoms with Gasteiger partial charge >= 0.3 is 5.97 Å². The normalized spacial score (nSPS) is 12.2. The Balaban J connectivity index is 2.33. The monoisotopic (exact) mass is 270 g/mol. The lowest BCUT2D eigenvalue weighted by Gasteiger charge is -2.14. The highest BCUT2D eigenvalue weighted by molar-refractivity contribution is 6.18. The van der Waals surface area contributed by atoms with Crippen molar-refractivity contribution >= 4 is 17.6 Å². The number of alkyl halides is 1. The van der Waals surface area contributed by atoms with E-state index < -0.39 is 0 Å². The van der Waals surface area contributed by atoms with Crippen molar-refractivity contribution in [1.82, 2.24) is 0 Å². The van der Waals surface area contributed by atoms with Crippen LogP contribution in [-0.2, 0) is 27.3 Å². The van der Waals surface area contributed by atoms with E-state index in [9.17, 15) is 4.79 Å². The van der Waals surface area contributed by atoms with Crippen LogP contribution in [0.15, 0.2) is 24.3 Å². The number of hydrogen-bond donors (Lipinski definition) is 0. The molecule has 18 heavy (non-hydrogen) atoms. The van der Waals surface area contributed by atoms with Gasteiger partial charge in [0.2, 0.25) is 0 Å². The predicted octanol–water partition coefficient (Wildman–Crippen LogP) is 2.94. The van der Waals surface area contributed by atoms with Crippen LogP contribution in [0.5, 0.6) is 0 Å². The van der Waals surface area contributed by atoms with Crippen molar-refractivity contribution in [2.75, 3.05) is 12.5 Å². The summed E-state index contributed by atoms with van der Waals surface area (Å²) in [7, 11) is 0. The third-order valence-corrected chi connectivity index (χ3v) is 2.85. The zero-order chi connectivity index (χ0) is 13.4. The Bertz CT molecular complexity index is 362. The van der Waals surface area contributed by atoms with E-state index in [1.54, 1.807) is 0 Å². The summed E-state index contributed by atoms with van der Waals surface area (Å²) in [5, 5.41) is 0. The molecule has 1 unspecified atom stereocenters. The van der Waals surface area contributed by atoms with Crippen molar-refractivity contribution in [1.29, 1.82) is 0 Å². The molecule has 0 aliphatic heterocycles. The molecule has 100 valence electrons. The molecule has 1 rings (SSSR count). The molecule has 1 aromatic rings. The van der Waals surface area contributed by atoms with Gasteiger partial charge in [-0.2, -0.15) is 0 Å². The molecule has 0 spiro atoms. The fourth-order valence-electron chi connectivity index (χ4n) is 1.52. The molecule has 0 N–H and O–H groups in total. The second-order valence-corrected chi connectivity index (χ2v) is 4.38. The van der Waals surface area contributed by atoms with Crippen LogP contribution in [0, 0.1) is 0 Å². The molecule has 0 saturated carbocycles. The van der Waals surface area contributed by atoms with Crippen LogP contribution >= 0.6 is 11.6 Å². The molecular formula is C14H19ClO3. The maximum Gasteiger partial charge on any atom is 0.303 e. The molecule has 0 heterocycles. The van der Waals surface area contributed by atoms with Gasteiger partial charge < -0.3 is 9.47 Å². The van der Waals surface area contributed by atoms with Crippen LogP contribution in [0.4, 0.5) is 0 Å². The van der Waals surface area contributed by atoms with Gasteiger partial charge in [0.25, 0.3) is 0 Å². The zero-order valence-electron chi connectivity index (χ0n) is 10.8. The standard InChI is InChI=1S/C14H19ClO3/c1-3-12-4-6-13(7-5-12)9-17-10-14(8-15)18-11(2)16/h4-7,14H,3,8-10H2,1-2H3. The molecule has 3 nitrogen and oxygen atoms in total. The first-order valence-corrected chi connectivity index (χ1v) is 6.58. The predicted molar refractivity (Wildman–Crippen MR) is 71.8 cm³/mol. The highest BCUT2D eigenvalue weighted by Crippen LogP contribution is 2.07. The number of hydrogen-bond acceptors (Lipinski definition) is 3. The van der Waals surface area contributed by atoms with Crippen molar-refractivity contribution in [3.05, 3.63) is 35.4 Å². The molecule has 1 atom stereocenters. The van der Waals surface area contributed by atoms with E-state index >= 15 is 0 Å². The summed E-state index contributed by atoms with van der Waals surface area (Å²) in [5.74, 6) is -0.0921. The summed E-state index contributed by atoms with van der Waals surface area (Å²) in [6.45, 7) is 4.30. The van der Waals surface area contributed by atoms with E-state index in [0.29, 0.717) is 13.2 Å². The van der Waals surface area contributed by atoms with Crippen molar-refractivity contribution in [2.45, 2.75) is 33.0 Å². The van der Waals surface area contributed by atoms with Gasteiger partial charge in [0.1, 0.15) is 6.10 Å². The minimum Gasteiger partial charge on any atom is -0.459 e. The summed E-state index contributed by atoms with van der Waals surface area (Å²) in [5.41, 5.74) is 2.40. The third-order valence-electron chi connectivity index (χ3n) is 2.51. The highest BCUT2D eigenvalue weighted by Gasteiger charge is 2.10. The zero-order valence-corrected chi connectivity index (χ0v) is 11.6. The molecule has 4 heteroatoms. The smallest absolute Gasteiger partial charge is 0.303 e. The van der Waals surface area contributed by atoms with Gasteiger partial charge in [0.15, 0.2) is 0 Å². The van der Waals surface area contributed by atoms with Crippen LogP contribution in [-0.4, -0.2) is 24.6 Å². The van der Waals surface area contributed by atoms with Crippen LogP contribution < -0.4 is 0 Å². The topological polar surface area (TPSA) is 35.5 Å². The van der Waals surface area contributed by atoms with Gasteiger partial charge in [-0.05, 0) is 17.5 Å². The lowest BCUT2D eigenvalue weighted by Crippen LogP contribution is -2.23. The van der Waals surface area contributed by atoms with E-state index in [-0.39, 0.29) is 18.0 Å². The summed E-state index contributed by atoms with van der Waals surface area (Å²) in [4.78, 5) is 10.8. The number of ether oxygens (including phenoxy) is 2. The second-order valence-electron chi connectivity index (χ2n) is 4.07. The van der Waals surface area contributed by atoms with E-state index in [1.807, 2.05) is 12.1 Å². The van der Waals surface area contributed by atoms with E-state index in [2.05, 4.69) is 19.1 Å². The second kappa shape index (κ2) is 8.11. The lowest BCUT2D eigenvalue weighted by molar-refractivity contribution is -0.148. The Labute approximate surface area is 113 Å². The summed E-state index contributed by atoms with van der Waals surface area (Å²) in [6.07, 6.45) is 0.654. The molecule has 0 radical (unpaired) electrons. The van der Waals surface area contributed by atoms with Gasteiger partial charge in [-0.1, -0.05) is 31.2 Å². The molecular weight excluding hydrogens is 252 g/mol. The molecule has 0 saturated heterocycles. The van der Waals surface area contributed by atoms with Crippen molar-refractivity contribution in [3.8, 4) is 0 Å². The molecule has 0 aliphatic rings. The maximum absolute atomic E-state index is 10.8. The molecule has 0 aromatic heterocycles. The van der Waals surface area contributed by atoms with Gasteiger partial charge in [0.05, 0.1) is 19.1 Å². The number of halogens is 1. The van der Waals surface area contributed by atoms with E-state index in [4.69, 9.17) is 21.1 Å². The Morgan fingerprint density at radius 2 is 1.89 bits per heavy atom. The van der Waals surface area contributed by atoms with Crippen LogP contribution in [0.1, 0.15) is 25.0 Å². The first-order chi connectivity index (χ1) is 8.65. The Morgan fingerprint density at radius 3 is 2.39 bits per heavy atom. The minimum absolute atomic E-state index is 0.244. The molecule has 1 aromatic carbocycles. The largest absolute Gasteiger partial charge is 0.459 e. The van der Waals surface area contributed by atoms with E-state index in [0.717, 1.165) is 12.0 Å². The molecule has 0 fully saturated rings. The van der Waals surface area contributed by atoms with Crippen LogP contribution in [0.25, 0.3) is 0 Å². The SMILES string of the molecule is CCc1ccc(COCC(CCl)OC(C)=O)cc1. The fourth-order valence-corrected chi connectivity index (χ4v) is 1.68. The minimum atomic E-state index is -0.376. The van der Waals surface area contributed by atoms with Gasteiger partial charge in [-0.3, -0.25) is 4.79 Å². The summed E-state index contributed by atoms with van der Waals surface area (Å²) >= 11 is 5.68. The fraction of sp³-hybridized carbons (Fsp3) is 0.500. The van der Waals surface area contributed by atoms with E-state index in [1.165, 1.54) is 12.5 Å².